The molecule has 0 aliphatic carbocycles. The molecule has 0 amide bonds. The van der Waals surface area contributed by atoms with Gasteiger partial charge in [-0.05, 0) is 11.8 Å². The van der Waals surface area contributed by atoms with Gasteiger partial charge in [-0.15, -0.1) is 0 Å². The standard InChI is InChI=1S/C12H17N3O2/c1-6(2)9-10(7(3)4)14-12-13-5-8(16)15(12)11(9)17/h6-7H,5H2,1-4H3,(H,13,14). The zero-order chi connectivity index (χ0) is 12.7. The molecule has 2 heterocycles. The average molecular weight is 235 g/mol. The van der Waals surface area contributed by atoms with E-state index in [9.17, 15) is 9.59 Å². The first-order chi connectivity index (χ1) is 7.93. The van der Waals surface area contributed by atoms with Gasteiger partial charge in [0.15, 0.2) is 0 Å². The van der Waals surface area contributed by atoms with Gasteiger partial charge in [0.05, 0.1) is 12.2 Å². The van der Waals surface area contributed by atoms with Gasteiger partial charge in [-0.1, -0.05) is 27.7 Å². The van der Waals surface area contributed by atoms with Gasteiger partial charge < -0.3 is 5.32 Å². The molecule has 0 unspecified atom stereocenters. The fourth-order valence-electron chi connectivity index (χ4n) is 2.12. The number of hydrogen-bond donors (Lipinski definition) is 1. The Kier molecular flexibility index (Phi) is 2.77. The molecule has 0 spiro atoms. The molecule has 0 fully saturated rings. The highest BCUT2D eigenvalue weighted by Gasteiger charge is 2.27. The van der Waals surface area contributed by atoms with E-state index in [1.807, 2.05) is 27.7 Å². The maximum absolute atomic E-state index is 12.3. The van der Waals surface area contributed by atoms with Gasteiger partial charge >= 0.3 is 0 Å². The minimum atomic E-state index is -0.227. The summed E-state index contributed by atoms with van der Waals surface area (Å²) in [5.74, 6) is 0.393. The number of hydrogen-bond acceptors (Lipinski definition) is 4. The minimum absolute atomic E-state index is 0.0681. The molecule has 17 heavy (non-hydrogen) atoms. The Balaban J connectivity index is 2.77. The van der Waals surface area contributed by atoms with Crippen LogP contribution in [0.15, 0.2) is 4.79 Å². The van der Waals surface area contributed by atoms with Crippen molar-refractivity contribution in [1.82, 2.24) is 9.55 Å². The van der Waals surface area contributed by atoms with Crippen LogP contribution in [-0.2, 0) is 0 Å². The predicted molar refractivity (Wildman–Crippen MR) is 65.8 cm³/mol. The third-order valence-electron chi connectivity index (χ3n) is 2.92. The van der Waals surface area contributed by atoms with Crippen LogP contribution in [0.1, 0.15) is 55.6 Å². The lowest BCUT2D eigenvalue weighted by atomic mass is 9.96. The quantitative estimate of drug-likeness (QED) is 0.844. The molecule has 0 saturated carbocycles. The average Bonchev–Trinajstić information content (AvgIpc) is 2.59. The third kappa shape index (κ3) is 1.75. The highest BCUT2D eigenvalue weighted by Crippen LogP contribution is 2.23. The highest BCUT2D eigenvalue weighted by molar-refractivity contribution is 5.89. The van der Waals surface area contributed by atoms with E-state index in [4.69, 9.17) is 0 Å². The molecule has 0 saturated heterocycles. The fourth-order valence-corrected chi connectivity index (χ4v) is 2.12. The summed E-state index contributed by atoms with van der Waals surface area (Å²) >= 11 is 0. The Hall–Kier alpha value is -1.65. The SMILES string of the molecule is CC(C)c1nc2n(c(=O)c1C(C)C)C(=O)CN2. The Labute approximate surface area is 99.9 Å². The molecule has 2 rings (SSSR count). The maximum atomic E-state index is 12.3. The zero-order valence-electron chi connectivity index (χ0n) is 10.6. The molecule has 5 heteroatoms. The van der Waals surface area contributed by atoms with Crippen molar-refractivity contribution >= 4 is 11.9 Å². The van der Waals surface area contributed by atoms with Crippen LogP contribution in [0.4, 0.5) is 5.95 Å². The molecule has 1 N–H and O–H groups in total. The predicted octanol–water partition coefficient (Wildman–Crippen LogP) is 1.56. The maximum Gasteiger partial charge on any atom is 0.265 e. The number of fused-ring (bicyclic) bond motifs is 1. The molecule has 0 atom stereocenters. The molecule has 1 aromatic rings. The largest absolute Gasteiger partial charge is 0.346 e. The molecule has 0 bridgehead atoms. The second-order valence-corrected chi connectivity index (χ2v) is 4.93. The number of anilines is 1. The summed E-state index contributed by atoms with van der Waals surface area (Å²) in [6, 6.07) is 0. The highest BCUT2D eigenvalue weighted by atomic mass is 16.2. The molecular weight excluding hydrogens is 218 g/mol. The van der Waals surface area contributed by atoms with E-state index in [1.54, 1.807) is 0 Å². The number of carbonyl (C=O) groups excluding carboxylic acids is 1. The molecule has 1 aliphatic heterocycles. The third-order valence-corrected chi connectivity index (χ3v) is 2.92. The van der Waals surface area contributed by atoms with E-state index in [-0.39, 0.29) is 29.8 Å². The van der Waals surface area contributed by atoms with Gasteiger partial charge in [-0.3, -0.25) is 9.59 Å². The van der Waals surface area contributed by atoms with E-state index in [2.05, 4.69) is 10.3 Å². The van der Waals surface area contributed by atoms with Gasteiger partial charge in [0.2, 0.25) is 5.95 Å². The van der Waals surface area contributed by atoms with E-state index in [0.29, 0.717) is 11.5 Å². The summed E-state index contributed by atoms with van der Waals surface area (Å²) in [6.07, 6.45) is 0. The van der Waals surface area contributed by atoms with Crippen LogP contribution in [0.2, 0.25) is 0 Å². The molecule has 0 aromatic carbocycles. The van der Waals surface area contributed by atoms with Crippen LogP contribution < -0.4 is 10.9 Å². The Morgan fingerprint density at radius 1 is 1.18 bits per heavy atom. The van der Waals surface area contributed by atoms with Crippen molar-refractivity contribution in [2.24, 2.45) is 0 Å². The van der Waals surface area contributed by atoms with Gasteiger partial charge in [0, 0.05) is 5.56 Å². The fraction of sp³-hybridized carbons (Fsp3) is 0.583. The molecule has 5 nitrogen and oxygen atoms in total. The first-order valence-electron chi connectivity index (χ1n) is 5.87. The van der Waals surface area contributed by atoms with Crippen molar-refractivity contribution < 1.29 is 4.79 Å². The van der Waals surface area contributed by atoms with Gasteiger partial charge in [-0.25, -0.2) is 9.55 Å². The minimum Gasteiger partial charge on any atom is -0.346 e. The van der Waals surface area contributed by atoms with E-state index < -0.39 is 0 Å². The summed E-state index contributed by atoms with van der Waals surface area (Å²) in [7, 11) is 0. The number of nitrogens with one attached hydrogen (secondary N) is 1. The van der Waals surface area contributed by atoms with Crippen molar-refractivity contribution in [1.29, 1.82) is 0 Å². The van der Waals surface area contributed by atoms with Crippen LogP contribution in [0.25, 0.3) is 0 Å². The summed E-state index contributed by atoms with van der Waals surface area (Å²) in [6.45, 7) is 8.05. The second kappa shape index (κ2) is 3.98. The number of nitrogens with zero attached hydrogens (tertiary/aromatic N) is 2. The lowest BCUT2D eigenvalue weighted by molar-refractivity contribution is 0.0939. The molecule has 0 radical (unpaired) electrons. The van der Waals surface area contributed by atoms with Gasteiger partial charge in [0.25, 0.3) is 11.5 Å². The summed E-state index contributed by atoms with van der Waals surface area (Å²) < 4.78 is 1.15. The molecule has 1 aliphatic rings. The number of aromatic nitrogens is 2. The van der Waals surface area contributed by atoms with E-state index in [1.165, 1.54) is 0 Å². The number of carbonyl (C=O) groups is 1. The Morgan fingerprint density at radius 2 is 1.82 bits per heavy atom. The second-order valence-electron chi connectivity index (χ2n) is 4.93. The first-order valence-corrected chi connectivity index (χ1v) is 5.87. The van der Waals surface area contributed by atoms with Crippen LogP contribution in [0.3, 0.4) is 0 Å². The van der Waals surface area contributed by atoms with Gasteiger partial charge in [0.1, 0.15) is 0 Å². The summed E-state index contributed by atoms with van der Waals surface area (Å²) in [5.41, 5.74) is 1.22. The molecule has 1 aromatic heterocycles. The Morgan fingerprint density at radius 3 is 2.35 bits per heavy atom. The normalized spacial score (nSPS) is 14.4. The van der Waals surface area contributed by atoms with Gasteiger partial charge in [-0.2, -0.15) is 0 Å². The van der Waals surface area contributed by atoms with E-state index >= 15 is 0 Å². The van der Waals surface area contributed by atoms with Crippen LogP contribution in [0, 0.1) is 0 Å². The Bertz CT molecular complexity index is 529. The van der Waals surface area contributed by atoms with Crippen molar-refractivity contribution in [3.05, 3.63) is 21.6 Å². The van der Waals surface area contributed by atoms with Crippen LogP contribution in [-0.4, -0.2) is 22.0 Å². The smallest absolute Gasteiger partial charge is 0.265 e. The topological polar surface area (TPSA) is 64.0 Å². The lowest BCUT2D eigenvalue weighted by Gasteiger charge is -2.15. The monoisotopic (exact) mass is 235 g/mol. The van der Waals surface area contributed by atoms with Crippen LogP contribution >= 0.6 is 0 Å². The van der Waals surface area contributed by atoms with Crippen LogP contribution in [0.5, 0.6) is 0 Å². The van der Waals surface area contributed by atoms with E-state index in [0.717, 1.165) is 10.3 Å². The first kappa shape index (κ1) is 11.8. The van der Waals surface area contributed by atoms with Crippen molar-refractivity contribution in [3.8, 4) is 0 Å². The van der Waals surface area contributed by atoms with Crippen molar-refractivity contribution in [3.63, 3.8) is 0 Å². The number of rotatable bonds is 2. The zero-order valence-corrected chi connectivity index (χ0v) is 10.6. The lowest BCUT2D eigenvalue weighted by Crippen LogP contribution is -2.30. The summed E-state index contributed by atoms with van der Waals surface area (Å²) in [4.78, 5) is 28.3. The molecular formula is C12H17N3O2. The van der Waals surface area contributed by atoms with Crippen molar-refractivity contribution in [2.75, 3.05) is 11.9 Å². The summed E-state index contributed by atoms with van der Waals surface area (Å²) in [5, 5.41) is 2.85. The van der Waals surface area contributed by atoms with Crippen molar-refractivity contribution in [2.45, 2.75) is 39.5 Å². The molecule has 92 valence electrons.